The van der Waals surface area contributed by atoms with Gasteiger partial charge in [0.15, 0.2) is 0 Å². The minimum atomic E-state index is -1.06. The summed E-state index contributed by atoms with van der Waals surface area (Å²) in [6.07, 6.45) is 1.58. The number of hydrogen-bond donors (Lipinski definition) is 2. The van der Waals surface area contributed by atoms with Crippen LogP contribution in [0.1, 0.15) is 72.4 Å². The minimum absolute atomic E-state index is 0.0975. The molecular weight excluding hydrogens is 360 g/mol. The molecule has 27 heavy (non-hydrogen) atoms. The van der Waals surface area contributed by atoms with Gasteiger partial charge in [-0.05, 0) is 64.6 Å². The summed E-state index contributed by atoms with van der Waals surface area (Å²) in [6.45, 7) is 15.3. The highest BCUT2D eigenvalue weighted by atomic mass is 32.1. The number of pyridine rings is 1. The minimum Gasteiger partial charge on any atom is -0.428 e. The predicted octanol–water partition coefficient (Wildman–Crippen LogP) is 4.47. The van der Waals surface area contributed by atoms with Crippen LogP contribution >= 0.6 is 12.6 Å². The van der Waals surface area contributed by atoms with Gasteiger partial charge in [-0.3, -0.25) is 4.98 Å². The maximum absolute atomic E-state index is 14.8. The Bertz CT molecular complexity index is 839. The molecule has 0 unspecified atom stereocenters. The van der Waals surface area contributed by atoms with Gasteiger partial charge in [0.2, 0.25) is 0 Å². The van der Waals surface area contributed by atoms with E-state index in [2.05, 4.69) is 17.6 Å². The molecule has 0 aliphatic carbocycles. The van der Waals surface area contributed by atoms with E-state index in [1.165, 1.54) is 6.07 Å². The highest BCUT2D eigenvalue weighted by Gasteiger charge is 2.34. The Morgan fingerprint density at radius 2 is 1.74 bits per heavy atom. The zero-order chi connectivity index (χ0) is 20.8. The summed E-state index contributed by atoms with van der Waals surface area (Å²) >= 11 is 4.59. The van der Waals surface area contributed by atoms with Crippen molar-refractivity contribution in [3.05, 3.63) is 35.3 Å². The lowest BCUT2D eigenvalue weighted by atomic mass is 9.81. The fraction of sp³-hybridized carbons (Fsp3) is 0.571. The van der Waals surface area contributed by atoms with Crippen molar-refractivity contribution < 1.29 is 14.2 Å². The Labute approximate surface area is 168 Å². The Kier molecular flexibility index (Phi) is 6.06. The maximum atomic E-state index is 14.8. The molecule has 0 saturated carbocycles. The van der Waals surface area contributed by atoms with Crippen LogP contribution in [-0.2, 0) is 10.3 Å². The molecule has 2 rings (SSSR count). The lowest BCUT2D eigenvalue weighted by Crippen LogP contribution is -2.45. The highest BCUT2D eigenvalue weighted by Crippen LogP contribution is 2.34. The molecule has 1 aromatic heterocycles. The first-order valence-electron chi connectivity index (χ1n) is 9.23. The van der Waals surface area contributed by atoms with Gasteiger partial charge in [0.1, 0.15) is 11.3 Å². The SMILES string of the molecule is CC(C)c1c(C(C)(C)O)cnc2c(F)cc([B]OC(C)(C)C(C)(C)S)cc12. The topological polar surface area (TPSA) is 42.4 Å². The zero-order valence-electron chi connectivity index (χ0n) is 17.5. The molecule has 147 valence electrons. The van der Waals surface area contributed by atoms with Crippen molar-refractivity contribution in [3.63, 3.8) is 0 Å². The average Bonchev–Trinajstić information content (AvgIpc) is 2.49. The van der Waals surface area contributed by atoms with E-state index >= 15 is 0 Å². The standard InChI is InChI=1S/C21H30BFNO2S/c1-12(2)17-14-9-13(22-26-20(5,6)21(7,8)27)10-16(23)18(14)24-11-15(17)19(3,4)25/h9-12,25,27H,1-8H3. The third kappa shape index (κ3) is 4.66. The summed E-state index contributed by atoms with van der Waals surface area (Å²) in [5.41, 5.74) is 0.913. The molecule has 1 N–H and O–H groups in total. The summed E-state index contributed by atoms with van der Waals surface area (Å²) in [5, 5.41) is 11.2. The van der Waals surface area contributed by atoms with Crippen LogP contribution in [0.4, 0.5) is 4.39 Å². The second-order valence-corrected chi connectivity index (χ2v) is 10.1. The first-order valence-corrected chi connectivity index (χ1v) is 9.68. The van der Waals surface area contributed by atoms with Crippen molar-refractivity contribution in [1.82, 2.24) is 4.98 Å². The van der Waals surface area contributed by atoms with Crippen molar-refractivity contribution in [2.75, 3.05) is 0 Å². The van der Waals surface area contributed by atoms with Crippen LogP contribution in [0.2, 0.25) is 0 Å². The van der Waals surface area contributed by atoms with E-state index in [1.807, 2.05) is 47.6 Å². The molecule has 6 heteroatoms. The number of rotatable bonds is 6. The summed E-state index contributed by atoms with van der Waals surface area (Å²) < 4.78 is 20.3. The van der Waals surface area contributed by atoms with Gasteiger partial charge in [0, 0.05) is 21.9 Å². The number of aromatic nitrogens is 1. The third-order valence-electron chi connectivity index (χ3n) is 5.19. The molecule has 0 bridgehead atoms. The van der Waals surface area contributed by atoms with Gasteiger partial charge in [-0.25, -0.2) is 4.39 Å². The molecule has 0 fully saturated rings. The largest absolute Gasteiger partial charge is 0.428 e. The summed E-state index contributed by atoms with van der Waals surface area (Å²) in [7, 11) is 1.57. The molecule has 0 aliphatic heterocycles. The quantitative estimate of drug-likeness (QED) is 0.565. The molecule has 0 spiro atoms. The highest BCUT2D eigenvalue weighted by molar-refractivity contribution is 7.81. The van der Waals surface area contributed by atoms with Gasteiger partial charge in [0.05, 0.1) is 11.2 Å². The number of fused-ring (bicyclic) bond motifs is 1. The van der Waals surface area contributed by atoms with E-state index in [0.717, 1.165) is 5.56 Å². The zero-order valence-corrected chi connectivity index (χ0v) is 18.4. The molecule has 1 radical (unpaired) electrons. The van der Waals surface area contributed by atoms with E-state index < -0.39 is 17.0 Å². The first-order chi connectivity index (χ1) is 12.1. The number of hydrogen-bond acceptors (Lipinski definition) is 4. The molecule has 3 nitrogen and oxygen atoms in total. The van der Waals surface area contributed by atoms with E-state index in [9.17, 15) is 9.50 Å². The molecule has 0 aliphatic rings. The second-order valence-electron chi connectivity index (χ2n) is 9.00. The molecule has 1 heterocycles. The van der Waals surface area contributed by atoms with Crippen LogP contribution in [-0.4, -0.2) is 27.9 Å². The van der Waals surface area contributed by atoms with Crippen molar-refractivity contribution in [3.8, 4) is 0 Å². The molecule has 0 amide bonds. The normalized spacial score (nSPS) is 13.5. The predicted molar refractivity (Wildman–Crippen MR) is 115 cm³/mol. The van der Waals surface area contributed by atoms with Gasteiger partial charge >= 0.3 is 7.48 Å². The number of thiol groups is 1. The van der Waals surface area contributed by atoms with Crippen molar-refractivity contribution in [2.24, 2.45) is 0 Å². The van der Waals surface area contributed by atoms with Crippen LogP contribution in [0.15, 0.2) is 18.3 Å². The molecule has 1 aromatic carbocycles. The van der Waals surface area contributed by atoms with Crippen LogP contribution in [0.3, 0.4) is 0 Å². The second kappa shape index (κ2) is 7.38. The molecule has 0 saturated heterocycles. The van der Waals surface area contributed by atoms with Crippen LogP contribution in [0, 0.1) is 5.82 Å². The van der Waals surface area contributed by atoms with E-state index in [0.29, 0.717) is 21.9 Å². The van der Waals surface area contributed by atoms with Gasteiger partial charge in [-0.2, -0.15) is 12.6 Å². The maximum Gasteiger partial charge on any atom is 0.330 e. The van der Waals surface area contributed by atoms with Crippen LogP contribution in [0.25, 0.3) is 10.9 Å². The van der Waals surface area contributed by atoms with Crippen LogP contribution < -0.4 is 5.46 Å². The third-order valence-corrected chi connectivity index (χ3v) is 5.73. The number of nitrogens with zero attached hydrogens (tertiary/aromatic N) is 1. The van der Waals surface area contributed by atoms with E-state index in [4.69, 9.17) is 4.65 Å². The van der Waals surface area contributed by atoms with Gasteiger partial charge in [0.25, 0.3) is 0 Å². The van der Waals surface area contributed by atoms with Crippen molar-refractivity contribution >= 4 is 36.5 Å². The molecule has 2 aromatic rings. The van der Waals surface area contributed by atoms with E-state index in [-0.39, 0.29) is 10.7 Å². The number of aliphatic hydroxyl groups is 1. The molecule has 0 atom stereocenters. The average molecular weight is 390 g/mol. The fourth-order valence-electron chi connectivity index (χ4n) is 2.84. The fourth-order valence-corrected chi connectivity index (χ4v) is 2.89. The Balaban J connectivity index is 2.57. The van der Waals surface area contributed by atoms with Crippen molar-refractivity contribution in [2.45, 2.75) is 77.3 Å². The van der Waals surface area contributed by atoms with Crippen LogP contribution in [0.5, 0.6) is 0 Å². The number of halogens is 1. The summed E-state index contributed by atoms with van der Waals surface area (Å²) in [5.74, 6) is -0.310. The van der Waals surface area contributed by atoms with Gasteiger partial charge in [-0.1, -0.05) is 19.9 Å². The van der Waals surface area contributed by atoms with Crippen molar-refractivity contribution in [1.29, 1.82) is 0 Å². The lowest BCUT2D eigenvalue weighted by Gasteiger charge is -2.38. The Morgan fingerprint density at radius 1 is 1.15 bits per heavy atom. The smallest absolute Gasteiger partial charge is 0.330 e. The summed E-state index contributed by atoms with van der Waals surface area (Å²) in [6, 6.07) is 3.29. The first kappa shape index (κ1) is 22.2. The Morgan fingerprint density at radius 3 is 2.22 bits per heavy atom. The van der Waals surface area contributed by atoms with E-state index in [1.54, 1.807) is 27.5 Å². The monoisotopic (exact) mass is 390 g/mol. The summed E-state index contributed by atoms with van der Waals surface area (Å²) in [4.78, 5) is 4.28. The van der Waals surface area contributed by atoms with Gasteiger partial charge < -0.3 is 9.76 Å². The lowest BCUT2D eigenvalue weighted by molar-refractivity contribution is 0.0771. The Hall–Kier alpha value is -1.11. The number of benzene rings is 1. The molecular formula is C21H30BFNO2S. The van der Waals surface area contributed by atoms with Gasteiger partial charge in [-0.15, -0.1) is 0 Å².